The molecule has 1 fully saturated rings. The number of hydrogen-bond acceptors (Lipinski definition) is 2. The van der Waals surface area contributed by atoms with Crippen molar-refractivity contribution >= 4 is 12.4 Å². The molecule has 2 N–H and O–H groups in total. The average Bonchev–Trinajstić information content (AvgIpc) is 2.46. The highest BCUT2D eigenvalue weighted by Gasteiger charge is 2.23. The third-order valence-corrected chi connectivity index (χ3v) is 4.52. The van der Waals surface area contributed by atoms with Gasteiger partial charge < -0.3 is 5.73 Å². The van der Waals surface area contributed by atoms with Crippen LogP contribution in [0.4, 0.5) is 0 Å². The second-order valence-electron chi connectivity index (χ2n) is 6.24. The topological polar surface area (TPSA) is 29.3 Å². The number of halogens is 1. The molecule has 3 heteroatoms. The van der Waals surface area contributed by atoms with E-state index < -0.39 is 0 Å². The molecule has 20 heavy (non-hydrogen) atoms. The minimum absolute atomic E-state index is 0. The quantitative estimate of drug-likeness (QED) is 0.911. The standard InChI is InChI=1S/C17H28N2.ClH/c1-13(2)16-6-8-17(9-7-16)14(3)19-10-4-5-15(11-18)12-19;/h6-9,13-15H,4-5,10-12,18H2,1-3H3;1H. The maximum absolute atomic E-state index is 5.83. The summed E-state index contributed by atoms with van der Waals surface area (Å²) < 4.78 is 0. The first-order valence-corrected chi connectivity index (χ1v) is 7.65. The Labute approximate surface area is 130 Å². The zero-order valence-electron chi connectivity index (χ0n) is 13.0. The van der Waals surface area contributed by atoms with Crippen LogP contribution in [0.5, 0.6) is 0 Å². The summed E-state index contributed by atoms with van der Waals surface area (Å²) in [6, 6.07) is 9.66. The summed E-state index contributed by atoms with van der Waals surface area (Å²) in [5, 5.41) is 0. The van der Waals surface area contributed by atoms with Crippen LogP contribution in [0.3, 0.4) is 0 Å². The molecule has 1 saturated heterocycles. The molecule has 0 bridgehead atoms. The molecule has 2 nitrogen and oxygen atoms in total. The van der Waals surface area contributed by atoms with Gasteiger partial charge in [0.15, 0.2) is 0 Å². The van der Waals surface area contributed by atoms with Crippen LogP contribution >= 0.6 is 12.4 Å². The van der Waals surface area contributed by atoms with E-state index in [1.165, 1.54) is 30.5 Å². The van der Waals surface area contributed by atoms with Crippen molar-refractivity contribution in [2.75, 3.05) is 19.6 Å². The van der Waals surface area contributed by atoms with Gasteiger partial charge in [-0.05, 0) is 55.8 Å². The maximum Gasteiger partial charge on any atom is 0.0320 e. The van der Waals surface area contributed by atoms with Gasteiger partial charge in [-0.3, -0.25) is 4.90 Å². The van der Waals surface area contributed by atoms with Crippen molar-refractivity contribution in [2.24, 2.45) is 11.7 Å². The van der Waals surface area contributed by atoms with Gasteiger partial charge in [0.05, 0.1) is 0 Å². The summed E-state index contributed by atoms with van der Waals surface area (Å²) in [7, 11) is 0. The largest absolute Gasteiger partial charge is 0.330 e. The van der Waals surface area contributed by atoms with Crippen LogP contribution in [0.2, 0.25) is 0 Å². The summed E-state index contributed by atoms with van der Waals surface area (Å²) in [6.07, 6.45) is 2.59. The molecule has 0 saturated carbocycles. The Morgan fingerprint density at radius 3 is 2.30 bits per heavy atom. The lowest BCUT2D eigenvalue weighted by molar-refractivity contribution is 0.134. The number of likely N-dealkylation sites (tertiary alicyclic amines) is 1. The van der Waals surface area contributed by atoms with E-state index in [-0.39, 0.29) is 12.4 Å². The van der Waals surface area contributed by atoms with Gasteiger partial charge in [0.2, 0.25) is 0 Å². The average molecular weight is 297 g/mol. The fraction of sp³-hybridized carbons (Fsp3) is 0.647. The first kappa shape index (κ1) is 17.5. The first-order valence-electron chi connectivity index (χ1n) is 7.65. The molecule has 0 aromatic heterocycles. The summed E-state index contributed by atoms with van der Waals surface area (Å²) in [5.41, 5.74) is 8.69. The molecule has 2 atom stereocenters. The zero-order chi connectivity index (χ0) is 13.8. The van der Waals surface area contributed by atoms with Gasteiger partial charge >= 0.3 is 0 Å². The highest BCUT2D eigenvalue weighted by molar-refractivity contribution is 5.85. The Balaban J connectivity index is 0.00000200. The van der Waals surface area contributed by atoms with Crippen molar-refractivity contribution in [2.45, 2.75) is 45.6 Å². The number of benzene rings is 1. The van der Waals surface area contributed by atoms with Crippen LogP contribution in [-0.4, -0.2) is 24.5 Å². The van der Waals surface area contributed by atoms with E-state index in [0.717, 1.165) is 13.1 Å². The molecule has 1 aliphatic rings. The van der Waals surface area contributed by atoms with E-state index >= 15 is 0 Å². The Kier molecular flexibility index (Phi) is 7.01. The first-order chi connectivity index (χ1) is 9.11. The van der Waals surface area contributed by atoms with Crippen LogP contribution in [0.15, 0.2) is 24.3 Å². The fourth-order valence-electron chi connectivity index (χ4n) is 3.01. The minimum atomic E-state index is 0. The number of hydrogen-bond donors (Lipinski definition) is 1. The Morgan fingerprint density at radius 1 is 1.15 bits per heavy atom. The van der Waals surface area contributed by atoms with Gasteiger partial charge in [0.25, 0.3) is 0 Å². The molecule has 1 aliphatic heterocycles. The monoisotopic (exact) mass is 296 g/mol. The predicted octanol–water partition coefficient (Wildman–Crippen LogP) is 3.96. The van der Waals surface area contributed by atoms with Crippen LogP contribution in [0, 0.1) is 5.92 Å². The van der Waals surface area contributed by atoms with Crippen LogP contribution < -0.4 is 5.73 Å². The normalized spacial score (nSPS) is 21.6. The van der Waals surface area contributed by atoms with Crippen molar-refractivity contribution in [3.8, 4) is 0 Å². The third kappa shape index (κ3) is 4.21. The lowest BCUT2D eigenvalue weighted by atomic mass is 9.94. The smallest absolute Gasteiger partial charge is 0.0320 e. The SMILES string of the molecule is CC(C)c1ccc(C(C)N2CCCC(CN)C2)cc1.Cl. The highest BCUT2D eigenvalue weighted by atomic mass is 35.5. The van der Waals surface area contributed by atoms with Gasteiger partial charge in [-0.15, -0.1) is 12.4 Å². The molecule has 2 rings (SSSR count). The minimum Gasteiger partial charge on any atom is -0.330 e. The third-order valence-electron chi connectivity index (χ3n) is 4.52. The molecule has 0 amide bonds. The molecular weight excluding hydrogens is 268 g/mol. The molecule has 0 aliphatic carbocycles. The predicted molar refractivity (Wildman–Crippen MR) is 89.5 cm³/mol. The van der Waals surface area contributed by atoms with E-state index in [2.05, 4.69) is 49.9 Å². The van der Waals surface area contributed by atoms with Crippen molar-refractivity contribution in [1.29, 1.82) is 0 Å². The van der Waals surface area contributed by atoms with Gasteiger partial charge in [-0.1, -0.05) is 38.1 Å². The summed E-state index contributed by atoms with van der Waals surface area (Å²) in [5.74, 6) is 1.30. The van der Waals surface area contributed by atoms with Crippen molar-refractivity contribution in [3.05, 3.63) is 35.4 Å². The van der Waals surface area contributed by atoms with Crippen molar-refractivity contribution in [3.63, 3.8) is 0 Å². The van der Waals surface area contributed by atoms with Gasteiger partial charge in [-0.25, -0.2) is 0 Å². The summed E-state index contributed by atoms with van der Waals surface area (Å²) >= 11 is 0. The number of rotatable bonds is 4. The molecule has 1 aromatic carbocycles. The highest BCUT2D eigenvalue weighted by Crippen LogP contribution is 2.27. The van der Waals surface area contributed by atoms with Crippen molar-refractivity contribution < 1.29 is 0 Å². The Hall–Kier alpha value is -0.570. The number of nitrogens with two attached hydrogens (primary N) is 1. The van der Waals surface area contributed by atoms with E-state index in [1.54, 1.807) is 0 Å². The second-order valence-corrected chi connectivity index (χ2v) is 6.24. The Bertz CT molecular complexity index is 388. The molecule has 114 valence electrons. The van der Waals surface area contributed by atoms with E-state index in [9.17, 15) is 0 Å². The lowest BCUT2D eigenvalue weighted by Gasteiger charge is -2.36. The van der Waals surface area contributed by atoms with Crippen LogP contribution in [-0.2, 0) is 0 Å². The van der Waals surface area contributed by atoms with Crippen molar-refractivity contribution in [1.82, 2.24) is 4.90 Å². The number of nitrogens with zero attached hydrogens (tertiary/aromatic N) is 1. The molecule has 0 spiro atoms. The second kappa shape index (κ2) is 8.02. The van der Waals surface area contributed by atoms with Gasteiger partial charge in [0, 0.05) is 12.6 Å². The maximum atomic E-state index is 5.83. The van der Waals surface area contributed by atoms with E-state index in [0.29, 0.717) is 17.9 Å². The summed E-state index contributed by atoms with van der Waals surface area (Å²) in [4.78, 5) is 2.59. The molecule has 1 heterocycles. The van der Waals surface area contributed by atoms with E-state index in [1.807, 2.05) is 0 Å². The number of piperidine rings is 1. The van der Waals surface area contributed by atoms with Crippen LogP contribution in [0.1, 0.15) is 56.7 Å². The molecule has 1 aromatic rings. The Morgan fingerprint density at radius 2 is 1.75 bits per heavy atom. The van der Waals surface area contributed by atoms with Gasteiger partial charge in [0.1, 0.15) is 0 Å². The van der Waals surface area contributed by atoms with Crippen LogP contribution in [0.25, 0.3) is 0 Å². The zero-order valence-corrected chi connectivity index (χ0v) is 13.8. The molecular formula is C17H29ClN2. The fourth-order valence-corrected chi connectivity index (χ4v) is 3.01. The lowest BCUT2D eigenvalue weighted by Crippen LogP contribution is -2.39. The summed E-state index contributed by atoms with van der Waals surface area (Å²) in [6.45, 7) is 10.0. The molecule has 2 unspecified atom stereocenters. The van der Waals surface area contributed by atoms with E-state index in [4.69, 9.17) is 5.73 Å². The molecule has 0 radical (unpaired) electrons. The van der Waals surface area contributed by atoms with Gasteiger partial charge in [-0.2, -0.15) is 0 Å².